The van der Waals surface area contributed by atoms with Gasteiger partial charge in [0, 0.05) is 10.0 Å². The summed E-state index contributed by atoms with van der Waals surface area (Å²) in [4.78, 5) is 12.0. The highest BCUT2D eigenvalue weighted by Gasteiger charge is 2.31. The smallest absolute Gasteiger partial charge is 0.416 e. The molecule has 13 heteroatoms. The molecule has 0 bridgehead atoms. The average Bonchev–Trinajstić information content (AvgIpc) is 2.72. The number of ether oxygens (including phenoxy) is 1. The SMILES string of the molecule is O=C(COc1ccc(S(=O)(=O)Nc2cc(Cl)cc(Cl)c2)cc1)Nc1cc(C(F)(F)F)ccc1Cl. The van der Waals surface area contributed by atoms with E-state index in [9.17, 15) is 26.4 Å². The van der Waals surface area contributed by atoms with Crippen molar-refractivity contribution in [3.63, 3.8) is 0 Å². The number of hydrogen-bond acceptors (Lipinski definition) is 4. The van der Waals surface area contributed by atoms with Crippen LogP contribution >= 0.6 is 34.8 Å². The molecule has 0 aliphatic rings. The molecule has 0 heterocycles. The van der Waals surface area contributed by atoms with Crippen molar-refractivity contribution < 1.29 is 31.1 Å². The molecule has 0 spiro atoms. The van der Waals surface area contributed by atoms with Gasteiger partial charge in [0.25, 0.3) is 15.9 Å². The molecule has 0 aliphatic heterocycles. The number of amides is 1. The molecule has 0 aromatic heterocycles. The number of nitrogens with one attached hydrogen (secondary N) is 2. The molecule has 34 heavy (non-hydrogen) atoms. The summed E-state index contributed by atoms with van der Waals surface area (Å²) in [6.45, 7) is -0.558. The zero-order valence-electron chi connectivity index (χ0n) is 16.8. The largest absolute Gasteiger partial charge is 0.484 e. The Kier molecular flexibility index (Phi) is 7.87. The van der Waals surface area contributed by atoms with Gasteiger partial charge in [-0.05, 0) is 60.7 Å². The molecule has 0 radical (unpaired) electrons. The van der Waals surface area contributed by atoms with E-state index in [2.05, 4.69) is 10.0 Å². The first kappa shape index (κ1) is 26.0. The fourth-order valence-corrected chi connectivity index (χ4v) is 4.41. The molecule has 2 N–H and O–H groups in total. The van der Waals surface area contributed by atoms with E-state index in [4.69, 9.17) is 39.5 Å². The molecule has 3 rings (SSSR count). The first-order valence-electron chi connectivity index (χ1n) is 9.22. The van der Waals surface area contributed by atoms with Crippen molar-refractivity contribution in [3.8, 4) is 5.75 Å². The van der Waals surface area contributed by atoms with Crippen LogP contribution < -0.4 is 14.8 Å². The maximum Gasteiger partial charge on any atom is 0.416 e. The van der Waals surface area contributed by atoms with Gasteiger partial charge in [0.1, 0.15) is 5.75 Å². The van der Waals surface area contributed by atoms with Crippen molar-refractivity contribution in [1.82, 2.24) is 0 Å². The predicted octanol–water partition coefficient (Wildman–Crippen LogP) is 6.48. The molecule has 3 aromatic carbocycles. The molecule has 180 valence electrons. The Morgan fingerprint density at radius 3 is 2.12 bits per heavy atom. The maximum absolute atomic E-state index is 12.8. The van der Waals surface area contributed by atoms with Crippen molar-refractivity contribution in [1.29, 1.82) is 0 Å². The quantitative estimate of drug-likeness (QED) is 0.351. The van der Waals surface area contributed by atoms with Crippen LogP contribution in [0.3, 0.4) is 0 Å². The zero-order chi connectivity index (χ0) is 25.1. The van der Waals surface area contributed by atoms with Crippen LogP contribution in [-0.4, -0.2) is 20.9 Å². The third-order valence-corrected chi connectivity index (χ3v) is 6.35. The molecular formula is C21H14Cl3F3N2O4S. The lowest BCUT2D eigenvalue weighted by molar-refractivity contribution is -0.137. The van der Waals surface area contributed by atoms with Crippen LogP contribution in [0.15, 0.2) is 65.6 Å². The molecule has 3 aromatic rings. The van der Waals surface area contributed by atoms with E-state index < -0.39 is 34.3 Å². The normalized spacial score (nSPS) is 11.7. The van der Waals surface area contributed by atoms with E-state index in [-0.39, 0.29) is 37.1 Å². The third kappa shape index (κ3) is 6.92. The Hall–Kier alpha value is -2.66. The van der Waals surface area contributed by atoms with Crippen molar-refractivity contribution >= 4 is 62.1 Å². The summed E-state index contributed by atoms with van der Waals surface area (Å²) in [5.74, 6) is -0.618. The lowest BCUT2D eigenvalue weighted by Gasteiger charge is -2.12. The number of alkyl halides is 3. The molecule has 0 fully saturated rings. The molecular weight excluding hydrogens is 540 g/mol. The average molecular weight is 554 g/mol. The molecule has 0 unspecified atom stereocenters. The molecule has 0 saturated carbocycles. The van der Waals surface area contributed by atoms with Gasteiger partial charge in [-0.1, -0.05) is 34.8 Å². The number of hydrogen-bond donors (Lipinski definition) is 2. The number of benzene rings is 3. The van der Waals surface area contributed by atoms with Crippen LogP contribution in [0.5, 0.6) is 5.75 Å². The van der Waals surface area contributed by atoms with Crippen LogP contribution in [0.1, 0.15) is 5.56 Å². The van der Waals surface area contributed by atoms with Crippen LogP contribution in [0.25, 0.3) is 0 Å². The fourth-order valence-electron chi connectivity index (χ4n) is 2.67. The monoisotopic (exact) mass is 552 g/mol. The van der Waals surface area contributed by atoms with Crippen LogP contribution in [0.4, 0.5) is 24.5 Å². The highest BCUT2D eigenvalue weighted by atomic mass is 35.5. The first-order chi connectivity index (χ1) is 15.8. The molecule has 0 aliphatic carbocycles. The second-order valence-electron chi connectivity index (χ2n) is 6.76. The minimum absolute atomic E-state index is 0.0793. The Balaban J connectivity index is 1.62. The zero-order valence-corrected chi connectivity index (χ0v) is 19.9. The lowest BCUT2D eigenvalue weighted by Crippen LogP contribution is -2.21. The van der Waals surface area contributed by atoms with Gasteiger partial charge in [0.2, 0.25) is 0 Å². The summed E-state index contributed by atoms with van der Waals surface area (Å²) < 4.78 is 71.2. The minimum atomic E-state index is -4.60. The van der Waals surface area contributed by atoms with Crippen LogP contribution in [0, 0.1) is 0 Å². The molecule has 0 atom stereocenters. The Bertz CT molecular complexity index is 1300. The number of anilines is 2. The van der Waals surface area contributed by atoms with Gasteiger partial charge < -0.3 is 10.1 Å². The summed E-state index contributed by atoms with van der Waals surface area (Å²) in [6.07, 6.45) is -4.60. The lowest BCUT2D eigenvalue weighted by atomic mass is 10.2. The van der Waals surface area contributed by atoms with Gasteiger partial charge in [-0.15, -0.1) is 0 Å². The number of carbonyl (C=O) groups excluding carboxylic acids is 1. The van der Waals surface area contributed by atoms with Gasteiger partial charge in [-0.2, -0.15) is 13.2 Å². The molecule has 1 amide bonds. The number of carbonyl (C=O) groups is 1. The fraction of sp³-hybridized carbons (Fsp3) is 0.0952. The number of rotatable bonds is 7. The third-order valence-electron chi connectivity index (χ3n) is 4.19. The standard InChI is InChI=1S/C21H14Cl3F3N2O4S/c22-13-8-14(23)10-15(9-13)29-34(31,32)17-4-2-16(3-5-17)33-11-20(30)28-19-7-12(21(25,26)27)1-6-18(19)24/h1-10,29H,11H2,(H,28,30). The second-order valence-corrected chi connectivity index (χ2v) is 9.73. The minimum Gasteiger partial charge on any atom is -0.484 e. The summed E-state index contributed by atoms with van der Waals surface area (Å²) in [5, 5.41) is 2.66. The molecule has 6 nitrogen and oxygen atoms in total. The van der Waals surface area contributed by atoms with Crippen molar-refractivity contribution in [3.05, 3.63) is 81.3 Å². The Morgan fingerprint density at radius 2 is 1.53 bits per heavy atom. The predicted molar refractivity (Wildman–Crippen MR) is 124 cm³/mol. The number of halogens is 6. The number of sulfonamides is 1. The van der Waals surface area contributed by atoms with Gasteiger partial charge in [-0.3, -0.25) is 9.52 Å². The van der Waals surface area contributed by atoms with E-state index in [0.29, 0.717) is 6.07 Å². The Labute approximate surface area is 207 Å². The van der Waals surface area contributed by atoms with Crippen LogP contribution in [-0.2, 0) is 21.0 Å². The Morgan fingerprint density at radius 1 is 0.912 bits per heavy atom. The highest BCUT2D eigenvalue weighted by molar-refractivity contribution is 7.92. The van der Waals surface area contributed by atoms with E-state index in [0.717, 1.165) is 12.1 Å². The van der Waals surface area contributed by atoms with Crippen LogP contribution in [0.2, 0.25) is 15.1 Å². The summed E-state index contributed by atoms with van der Waals surface area (Å²) in [7, 11) is -3.97. The summed E-state index contributed by atoms with van der Waals surface area (Å²) in [6, 6.07) is 11.8. The van der Waals surface area contributed by atoms with Gasteiger partial charge >= 0.3 is 6.18 Å². The second kappa shape index (κ2) is 10.3. The van der Waals surface area contributed by atoms with E-state index in [1.165, 1.54) is 42.5 Å². The van der Waals surface area contributed by atoms with Gasteiger partial charge in [0.05, 0.1) is 26.9 Å². The first-order valence-corrected chi connectivity index (χ1v) is 11.8. The van der Waals surface area contributed by atoms with E-state index >= 15 is 0 Å². The highest BCUT2D eigenvalue weighted by Crippen LogP contribution is 2.34. The van der Waals surface area contributed by atoms with E-state index in [1.807, 2.05) is 0 Å². The van der Waals surface area contributed by atoms with Crippen molar-refractivity contribution in [2.24, 2.45) is 0 Å². The maximum atomic E-state index is 12.8. The van der Waals surface area contributed by atoms with E-state index in [1.54, 1.807) is 0 Å². The van der Waals surface area contributed by atoms with Gasteiger partial charge in [-0.25, -0.2) is 8.42 Å². The van der Waals surface area contributed by atoms with Crippen molar-refractivity contribution in [2.45, 2.75) is 11.1 Å². The molecule has 0 saturated heterocycles. The topological polar surface area (TPSA) is 84.5 Å². The summed E-state index contributed by atoms with van der Waals surface area (Å²) in [5.41, 5.74) is -1.03. The summed E-state index contributed by atoms with van der Waals surface area (Å²) >= 11 is 17.6. The van der Waals surface area contributed by atoms with Gasteiger partial charge in [0.15, 0.2) is 6.61 Å². The van der Waals surface area contributed by atoms with Crippen molar-refractivity contribution in [2.75, 3.05) is 16.6 Å².